The van der Waals surface area contributed by atoms with Crippen molar-refractivity contribution in [2.24, 2.45) is 11.5 Å². The van der Waals surface area contributed by atoms with Crippen LogP contribution in [0.15, 0.2) is 73.8 Å². The van der Waals surface area contributed by atoms with E-state index in [1.165, 1.54) is 0 Å². The van der Waals surface area contributed by atoms with Crippen molar-refractivity contribution in [3.8, 4) is 0 Å². The summed E-state index contributed by atoms with van der Waals surface area (Å²) in [6.07, 6.45) is 0. The molecule has 0 spiro atoms. The molecule has 0 aromatic heterocycles. The van der Waals surface area contributed by atoms with Crippen LogP contribution in [0.4, 0.5) is 11.4 Å². The van der Waals surface area contributed by atoms with Crippen LogP contribution in [0.3, 0.4) is 0 Å². The number of hydrogen-bond donors (Lipinski definition) is 10. The maximum absolute atomic E-state index is 7.31. The van der Waals surface area contributed by atoms with Crippen molar-refractivity contribution in [1.82, 2.24) is 10.6 Å². The van der Waals surface area contributed by atoms with Crippen molar-refractivity contribution in [1.29, 1.82) is 21.6 Å². The van der Waals surface area contributed by atoms with Gasteiger partial charge in [0.2, 0.25) is 0 Å². The molecule has 0 radical (unpaired) electrons. The predicted octanol–water partition coefficient (Wildman–Crippen LogP) is 1.83. The zero-order chi connectivity index (χ0) is 21.4. The number of rotatable bonds is 2. The van der Waals surface area contributed by atoms with Gasteiger partial charge in [0.1, 0.15) is 0 Å². The fourth-order valence-electron chi connectivity index (χ4n) is 1.66. The highest BCUT2D eigenvalue weighted by Crippen LogP contribution is 2.04. The lowest BCUT2D eigenvalue weighted by Crippen LogP contribution is -2.39. The minimum Gasteiger partial charge on any atom is -0.370 e. The van der Waals surface area contributed by atoms with E-state index in [9.17, 15) is 0 Å². The fourth-order valence-corrected chi connectivity index (χ4v) is 1.66. The molecule has 0 saturated heterocycles. The Kier molecular flexibility index (Phi) is 11.7. The highest BCUT2D eigenvalue weighted by molar-refractivity contribution is 6.02. The maximum atomic E-state index is 7.31. The number of anilines is 2. The molecule has 0 atom stereocenters. The molecule has 10 nitrogen and oxygen atoms in total. The van der Waals surface area contributed by atoms with Crippen molar-refractivity contribution in [3.05, 3.63) is 73.8 Å². The second-order valence-corrected chi connectivity index (χ2v) is 4.81. The molecular formula is C18H26N10. The highest BCUT2D eigenvalue weighted by Gasteiger charge is 1.97. The summed E-state index contributed by atoms with van der Waals surface area (Å²) in [6, 6.07) is 18.4. The average molecular weight is 382 g/mol. The third-order valence-corrected chi connectivity index (χ3v) is 2.61. The standard InChI is InChI=1S/2C8H11N5.C2H4/c2*9-7(10)13-8(11)12-6-4-2-1-3-5-6;1-2/h2*1-5H,(H6,9,10,11,12,13);1-2H2. The largest absolute Gasteiger partial charge is 0.370 e. The summed E-state index contributed by atoms with van der Waals surface area (Å²) in [5.41, 5.74) is 11.6. The molecular weight excluding hydrogens is 356 g/mol. The lowest BCUT2D eigenvalue weighted by atomic mass is 10.3. The van der Waals surface area contributed by atoms with Crippen molar-refractivity contribution >= 4 is 35.2 Å². The lowest BCUT2D eigenvalue weighted by Gasteiger charge is -2.07. The Morgan fingerprint density at radius 1 is 0.607 bits per heavy atom. The Morgan fingerprint density at radius 2 is 0.893 bits per heavy atom. The second kappa shape index (κ2) is 13.9. The van der Waals surface area contributed by atoms with E-state index in [4.69, 9.17) is 33.1 Å². The molecule has 0 amide bonds. The van der Waals surface area contributed by atoms with Crippen LogP contribution < -0.4 is 32.7 Å². The number of hydrogen-bond acceptors (Lipinski definition) is 4. The molecule has 28 heavy (non-hydrogen) atoms. The molecule has 2 rings (SSSR count). The van der Waals surface area contributed by atoms with Gasteiger partial charge in [-0.05, 0) is 24.3 Å². The Bertz CT molecular complexity index is 693. The molecule has 2 aromatic carbocycles. The van der Waals surface area contributed by atoms with Crippen LogP contribution in [0, 0.1) is 21.6 Å². The van der Waals surface area contributed by atoms with Gasteiger partial charge in [-0.1, -0.05) is 36.4 Å². The van der Waals surface area contributed by atoms with Crippen LogP contribution in [0.1, 0.15) is 0 Å². The van der Waals surface area contributed by atoms with Crippen molar-refractivity contribution in [2.45, 2.75) is 0 Å². The van der Waals surface area contributed by atoms with Crippen molar-refractivity contribution in [3.63, 3.8) is 0 Å². The van der Waals surface area contributed by atoms with E-state index in [1.54, 1.807) is 0 Å². The van der Waals surface area contributed by atoms with E-state index in [0.717, 1.165) is 11.4 Å². The van der Waals surface area contributed by atoms with E-state index in [2.05, 4.69) is 34.4 Å². The topological polar surface area (TPSA) is 196 Å². The summed E-state index contributed by atoms with van der Waals surface area (Å²) in [5.74, 6) is -0.542. The van der Waals surface area contributed by atoms with Gasteiger partial charge in [0.15, 0.2) is 23.8 Å². The molecule has 0 aliphatic carbocycles. The molecule has 0 aliphatic rings. The third kappa shape index (κ3) is 12.1. The first-order valence-corrected chi connectivity index (χ1v) is 7.90. The maximum Gasteiger partial charge on any atom is 0.199 e. The van der Waals surface area contributed by atoms with Gasteiger partial charge < -0.3 is 22.1 Å². The number of nitrogens with one attached hydrogen (secondary N) is 8. The van der Waals surface area contributed by atoms with Gasteiger partial charge in [-0.3, -0.25) is 32.3 Å². The molecule has 0 heterocycles. The van der Waals surface area contributed by atoms with Crippen molar-refractivity contribution < 1.29 is 0 Å². The van der Waals surface area contributed by atoms with Gasteiger partial charge in [-0.2, -0.15) is 0 Å². The molecule has 0 bridgehead atoms. The zero-order valence-corrected chi connectivity index (χ0v) is 15.3. The fraction of sp³-hybridized carbons (Fsp3) is 0. The zero-order valence-electron chi connectivity index (χ0n) is 15.3. The molecule has 0 fully saturated rings. The minimum atomic E-state index is -0.256. The summed E-state index contributed by atoms with van der Waals surface area (Å²) in [7, 11) is 0. The van der Waals surface area contributed by atoms with Crippen LogP contribution in [0.25, 0.3) is 0 Å². The van der Waals surface area contributed by atoms with Gasteiger partial charge in [0.25, 0.3) is 0 Å². The third-order valence-electron chi connectivity index (χ3n) is 2.61. The van der Waals surface area contributed by atoms with E-state index in [1.807, 2.05) is 60.7 Å². The Hall–Kier alpha value is -4.34. The molecule has 2 aromatic rings. The quantitative estimate of drug-likeness (QED) is 0.213. The molecule has 148 valence electrons. The number of guanidine groups is 4. The molecule has 0 unspecified atom stereocenters. The predicted molar refractivity (Wildman–Crippen MR) is 117 cm³/mol. The first kappa shape index (κ1) is 23.7. The Morgan fingerprint density at radius 3 is 1.14 bits per heavy atom. The monoisotopic (exact) mass is 382 g/mol. The van der Waals surface area contributed by atoms with Gasteiger partial charge in [0.05, 0.1) is 0 Å². The van der Waals surface area contributed by atoms with Crippen molar-refractivity contribution in [2.75, 3.05) is 10.6 Å². The van der Waals surface area contributed by atoms with Crippen LogP contribution in [-0.2, 0) is 0 Å². The first-order valence-electron chi connectivity index (χ1n) is 7.90. The molecule has 10 heteroatoms. The summed E-state index contributed by atoms with van der Waals surface area (Å²) in [6.45, 7) is 6.00. The summed E-state index contributed by atoms with van der Waals surface area (Å²) in [4.78, 5) is 0. The van der Waals surface area contributed by atoms with Crippen LogP contribution >= 0.6 is 0 Å². The summed E-state index contributed by atoms with van der Waals surface area (Å²) in [5, 5.41) is 38.5. The average Bonchev–Trinajstić information content (AvgIpc) is 2.64. The van der Waals surface area contributed by atoms with E-state index in [0.29, 0.717) is 0 Å². The highest BCUT2D eigenvalue weighted by atomic mass is 15.2. The first-order chi connectivity index (χ1) is 13.4. The Labute approximate surface area is 164 Å². The molecule has 0 saturated carbocycles. The Balaban J connectivity index is 0.000000478. The van der Waals surface area contributed by atoms with E-state index in [-0.39, 0.29) is 23.8 Å². The van der Waals surface area contributed by atoms with E-state index >= 15 is 0 Å². The van der Waals surface area contributed by atoms with Gasteiger partial charge in [-0.25, -0.2) is 0 Å². The number of nitrogens with two attached hydrogens (primary N) is 2. The second-order valence-electron chi connectivity index (χ2n) is 4.81. The van der Waals surface area contributed by atoms with Crippen LogP contribution in [0.5, 0.6) is 0 Å². The van der Waals surface area contributed by atoms with Gasteiger partial charge in [-0.15, -0.1) is 13.2 Å². The molecule has 12 N–H and O–H groups in total. The van der Waals surface area contributed by atoms with Crippen LogP contribution in [-0.4, -0.2) is 23.8 Å². The van der Waals surface area contributed by atoms with Gasteiger partial charge in [0, 0.05) is 11.4 Å². The number of para-hydroxylation sites is 2. The van der Waals surface area contributed by atoms with E-state index < -0.39 is 0 Å². The molecule has 0 aliphatic heterocycles. The number of benzene rings is 2. The summed E-state index contributed by atoms with van der Waals surface area (Å²) < 4.78 is 0. The SMILES string of the molecule is C=C.N=C(N)NC(=N)Nc1ccccc1.N=C(N)NC(=N)Nc1ccccc1. The minimum absolute atomic E-state index is 0.0151. The normalized spacial score (nSPS) is 8.43. The van der Waals surface area contributed by atoms with Crippen LogP contribution in [0.2, 0.25) is 0 Å². The lowest BCUT2D eigenvalue weighted by molar-refractivity contribution is 1.20. The smallest absolute Gasteiger partial charge is 0.199 e. The summed E-state index contributed by atoms with van der Waals surface area (Å²) >= 11 is 0. The van der Waals surface area contributed by atoms with Gasteiger partial charge >= 0.3 is 0 Å².